The Morgan fingerprint density at radius 1 is 1.11 bits per heavy atom. The van der Waals surface area contributed by atoms with Gasteiger partial charge in [-0.15, -0.1) is 0 Å². The molecule has 2 fully saturated rings. The van der Waals surface area contributed by atoms with Gasteiger partial charge in [0.2, 0.25) is 0 Å². The van der Waals surface area contributed by atoms with E-state index in [4.69, 9.17) is 31.0 Å². The van der Waals surface area contributed by atoms with Gasteiger partial charge in [-0.05, 0) is 50.4 Å². The number of aromatic nitrogens is 2. The van der Waals surface area contributed by atoms with Gasteiger partial charge in [0.25, 0.3) is 5.91 Å². The molecule has 1 amide bonds. The van der Waals surface area contributed by atoms with Crippen LogP contribution in [0.1, 0.15) is 30.5 Å². The van der Waals surface area contributed by atoms with Gasteiger partial charge in [-0.25, -0.2) is 0 Å². The summed E-state index contributed by atoms with van der Waals surface area (Å²) >= 11 is 6.70. The Hall–Kier alpha value is -4.07. The summed E-state index contributed by atoms with van der Waals surface area (Å²) in [6.45, 7) is 8.13. The number of likely N-dealkylation sites (N-methyl/N-ethyl adjacent to an activating group) is 1. The van der Waals surface area contributed by atoms with Crippen LogP contribution < -0.4 is 14.5 Å². The van der Waals surface area contributed by atoms with Gasteiger partial charge in [0, 0.05) is 48.9 Å². The highest BCUT2D eigenvalue weighted by atomic mass is 35.5. The van der Waals surface area contributed by atoms with Crippen molar-refractivity contribution in [3.63, 3.8) is 0 Å². The molecule has 10 nitrogen and oxygen atoms in total. The van der Waals surface area contributed by atoms with E-state index in [0.717, 1.165) is 70.9 Å². The summed E-state index contributed by atoms with van der Waals surface area (Å²) < 4.78 is 11.4. The summed E-state index contributed by atoms with van der Waals surface area (Å²) in [5.41, 5.74) is 3.08. The zero-order valence-corrected chi connectivity index (χ0v) is 26.1. The fourth-order valence-corrected chi connectivity index (χ4v) is 6.94. The number of amides is 1. The lowest BCUT2D eigenvalue weighted by Gasteiger charge is -2.42. The van der Waals surface area contributed by atoms with E-state index in [1.165, 1.54) is 7.11 Å². The molecule has 11 heteroatoms. The highest BCUT2D eigenvalue weighted by Gasteiger charge is 2.35. The number of nitriles is 1. The first-order chi connectivity index (χ1) is 21.4. The van der Waals surface area contributed by atoms with Crippen LogP contribution in [0.15, 0.2) is 48.7 Å². The van der Waals surface area contributed by atoms with Crippen LogP contribution in [0.5, 0.6) is 6.01 Å². The second-order valence-electron chi connectivity index (χ2n) is 11.7. The van der Waals surface area contributed by atoms with Gasteiger partial charge < -0.3 is 29.1 Å². The Morgan fingerprint density at radius 3 is 2.68 bits per heavy atom. The van der Waals surface area contributed by atoms with Crippen molar-refractivity contribution in [3.8, 4) is 12.1 Å². The van der Waals surface area contributed by atoms with Crippen molar-refractivity contribution in [1.29, 1.82) is 5.26 Å². The Bertz CT molecular complexity index is 1600. The molecule has 230 valence electrons. The maximum absolute atomic E-state index is 13.0. The first kappa shape index (κ1) is 30.0. The van der Waals surface area contributed by atoms with Crippen LogP contribution in [0.2, 0.25) is 5.02 Å². The number of rotatable bonds is 8. The highest BCUT2D eigenvalue weighted by Crippen LogP contribution is 2.37. The molecule has 0 bridgehead atoms. The van der Waals surface area contributed by atoms with Gasteiger partial charge >= 0.3 is 6.01 Å². The number of benzene rings is 2. The second kappa shape index (κ2) is 12.9. The minimum absolute atomic E-state index is 0.0713. The predicted molar refractivity (Wildman–Crippen MR) is 171 cm³/mol. The number of ether oxygens (including phenoxy) is 2. The average molecular weight is 616 g/mol. The van der Waals surface area contributed by atoms with Crippen molar-refractivity contribution in [3.05, 3.63) is 65.0 Å². The molecule has 0 unspecified atom stereocenters. The summed E-state index contributed by atoms with van der Waals surface area (Å²) in [5, 5.41) is 12.5. The van der Waals surface area contributed by atoms with E-state index >= 15 is 0 Å². The molecule has 0 spiro atoms. The number of methoxy groups -OCH3 is 1. The van der Waals surface area contributed by atoms with Crippen molar-refractivity contribution in [2.75, 3.05) is 63.3 Å². The standard InChI is InChI=1S/C33H38ClN7O3/c1-22(43-3)32(42)41-18-17-40(19-24(41)12-14-35)31-26-13-16-39(29-11-5-8-23-7-4-10-27(34)30(23)29)20-28(26)36-33(37-31)44-21-25-9-6-15-38(25)2/h4-5,7-8,10-11,24-25H,1,6,9,12-13,15-21H2,2-3H3/t24-,25-/m0/s1. The number of carbonyl (C=O) groups excluding carboxylic acids is 1. The molecule has 3 aliphatic rings. The van der Waals surface area contributed by atoms with E-state index in [2.05, 4.69) is 58.7 Å². The summed E-state index contributed by atoms with van der Waals surface area (Å²) in [5.74, 6) is 0.606. The quantitative estimate of drug-likeness (QED) is 0.270. The fraction of sp³-hybridized carbons (Fsp3) is 0.455. The molecule has 2 atom stereocenters. The van der Waals surface area contributed by atoms with E-state index in [1.807, 2.05) is 12.1 Å². The van der Waals surface area contributed by atoms with E-state index < -0.39 is 0 Å². The monoisotopic (exact) mass is 615 g/mol. The first-order valence-electron chi connectivity index (χ1n) is 15.2. The normalized spacial score (nSPS) is 20.4. The Balaban J connectivity index is 1.33. The Labute approximate surface area is 263 Å². The minimum Gasteiger partial charge on any atom is -0.492 e. The number of carbonyl (C=O) groups is 1. The van der Waals surface area contributed by atoms with Crippen LogP contribution in [-0.2, 0) is 22.5 Å². The van der Waals surface area contributed by atoms with E-state index in [-0.39, 0.29) is 24.1 Å². The lowest BCUT2D eigenvalue weighted by Crippen LogP contribution is -2.56. The van der Waals surface area contributed by atoms with Crippen LogP contribution in [0.25, 0.3) is 10.8 Å². The largest absolute Gasteiger partial charge is 0.492 e. The summed E-state index contributed by atoms with van der Waals surface area (Å²) in [4.78, 5) is 31.4. The van der Waals surface area contributed by atoms with Gasteiger partial charge in [0.1, 0.15) is 12.4 Å². The van der Waals surface area contributed by atoms with Crippen LogP contribution in [0.3, 0.4) is 0 Å². The molecule has 0 saturated carbocycles. The van der Waals surface area contributed by atoms with Gasteiger partial charge in [0.15, 0.2) is 5.76 Å². The third kappa shape index (κ3) is 5.86. The van der Waals surface area contributed by atoms with Gasteiger partial charge in [0.05, 0.1) is 42.9 Å². The molecule has 0 aliphatic carbocycles. The summed E-state index contributed by atoms with van der Waals surface area (Å²) in [6.07, 6.45) is 3.17. The summed E-state index contributed by atoms with van der Waals surface area (Å²) in [6, 6.07) is 14.9. The average Bonchev–Trinajstić information content (AvgIpc) is 3.46. The molecule has 2 aromatic carbocycles. The fourth-order valence-electron chi connectivity index (χ4n) is 6.66. The minimum atomic E-state index is -0.326. The van der Waals surface area contributed by atoms with E-state index in [9.17, 15) is 10.1 Å². The first-order valence-corrected chi connectivity index (χ1v) is 15.6. The third-order valence-electron chi connectivity index (χ3n) is 9.13. The van der Waals surface area contributed by atoms with Crippen LogP contribution in [0.4, 0.5) is 11.5 Å². The topological polar surface area (TPSA) is 98.1 Å². The van der Waals surface area contributed by atoms with Crippen molar-refractivity contribution in [2.45, 2.75) is 44.3 Å². The van der Waals surface area contributed by atoms with Crippen molar-refractivity contribution in [1.82, 2.24) is 19.8 Å². The maximum atomic E-state index is 13.0. The molecular formula is C33H38ClN7O3. The number of piperazine rings is 1. The molecule has 1 aromatic heterocycles. The molecule has 44 heavy (non-hydrogen) atoms. The third-order valence-corrected chi connectivity index (χ3v) is 9.44. The van der Waals surface area contributed by atoms with E-state index in [1.54, 1.807) is 4.90 Å². The number of hydrogen-bond acceptors (Lipinski definition) is 9. The number of fused-ring (bicyclic) bond motifs is 2. The number of halogens is 1. The number of likely N-dealkylation sites (tertiary alicyclic amines) is 1. The van der Waals surface area contributed by atoms with Crippen LogP contribution in [-0.4, -0.2) is 91.2 Å². The second-order valence-corrected chi connectivity index (χ2v) is 12.1. The highest BCUT2D eigenvalue weighted by molar-refractivity contribution is 6.36. The van der Waals surface area contributed by atoms with Crippen molar-refractivity contribution < 1.29 is 14.3 Å². The molecule has 0 radical (unpaired) electrons. The van der Waals surface area contributed by atoms with Gasteiger partial charge in [-0.3, -0.25) is 4.79 Å². The Kier molecular flexibility index (Phi) is 8.78. The number of nitrogens with zero attached hydrogens (tertiary/aromatic N) is 7. The lowest BCUT2D eigenvalue weighted by atomic mass is 10.0. The number of anilines is 2. The predicted octanol–water partition coefficient (Wildman–Crippen LogP) is 4.41. The van der Waals surface area contributed by atoms with Crippen LogP contribution >= 0.6 is 11.6 Å². The van der Waals surface area contributed by atoms with Gasteiger partial charge in [-0.2, -0.15) is 15.2 Å². The Morgan fingerprint density at radius 2 is 1.93 bits per heavy atom. The SMILES string of the molecule is C=C(OC)C(=O)N1CCN(c2nc(OC[C@@H]3CCCN3C)nc3c2CCN(c2cccc4cccc(Cl)c24)C3)C[C@@H]1CC#N. The molecular weight excluding hydrogens is 578 g/mol. The molecule has 6 rings (SSSR count). The number of hydrogen-bond donors (Lipinski definition) is 0. The molecule has 3 aromatic rings. The summed E-state index contributed by atoms with van der Waals surface area (Å²) in [7, 11) is 3.56. The zero-order valence-electron chi connectivity index (χ0n) is 25.3. The van der Waals surface area contributed by atoms with Gasteiger partial charge in [-0.1, -0.05) is 42.4 Å². The molecule has 0 N–H and O–H groups in total. The molecule has 2 saturated heterocycles. The molecule has 3 aliphatic heterocycles. The maximum Gasteiger partial charge on any atom is 0.318 e. The molecule has 4 heterocycles. The smallest absolute Gasteiger partial charge is 0.318 e. The van der Waals surface area contributed by atoms with E-state index in [0.29, 0.717) is 44.8 Å². The van der Waals surface area contributed by atoms with Crippen LogP contribution in [0, 0.1) is 11.3 Å². The van der Waals surface area contributed by atoms with Crippen molar-refractivity contribution >= 4 is 39.8 Å². The van der Waals surface area contributed by atoms with Crippen molar-refractivity contribution in [2.24, 2.45) is 0 Å². The zero-order chi connectivity index (χ0) is 30.8. The lowest BCUT2D eigenvalue weighted by molar-refractivity contribution is -0.132.